The summed E-state index contributed by atoms with van der Waals surface area (Å²) in [5, 5.41) is 12.5. The van der Waals surface area contributed by atoms with Crippen LogP contribution in [0.3, 0.4) is 0 Å². The molecule has 0 aliphatic heterocycles. The lowest BCUT2D eigenvalue weighted by molar-refractivity contribution is -0.115. The van der Waals surface area contributed by atoms with E-state index >= 15 is 0 Å². The topological polar surface area (TPSA) is 75.3 Å². The van der Waals surface area contributed by atoms with Crippen molar-refractivity contribution in [2.24, 2.45) is 0 Å². The lowest BCUT2D eigenvalue weighted by Gasteiger charge is -2.26. The minimum absolute atomic E-state index is 0.0804. The number of nitrogen functional groups attached to an aromatic ring is 1. The van der Waals surface area contributed by atoms with Crippen LogP contribution in [0.2, 0.25) is 0 Å². The summed E-state index contributed by atoms with van der Waals surface area (Å²) in [5.74, 6) is -0.753. The summed E-state index contributed by atoms with van der Waals surface area (Å²) in [6, 6.07) is 3.95. The highest BCUT2D eigenvalue weighted by molar-refractivity contribution is 6.59. The quantitative estimate of drug-likeness (QED) is 0.395. The highest BCUT2D eigenvalue weighted by Gasteiger charge is 2.24. The number of hydrogen-bond donors (Lipinski definition) is 3. The van der Waals surface area contributed by atoms with Gasteiger partial charge in [0, 0.05) is 5.92 Å². The molecule has 19 heavy (non-hydrogen) atoms. The Morgan fingerprint density at radius 1 is 1.58 bits per heavy atom. The maximum atomic E-state index is 13.5. The summed E-state index contributed by atoms with van der Waals surface area (Å²) in [6.07, 6.45) is -0.262. The second-order valence-electron chi connectivity index (χ2n) is 4.75. The third-order valence-corrected chi connectivity index (χ3v) is 3.25. The third kappa shape index (κ3) is 4.04. The van der Waals surface area contributed by atoms with Gasteiger partial charge in [0.2, 0.25) is 0 Å². The summed E-state index contributed by atoms with van der Waals surface area (Å²) in [5.41, 5.74) is 6.08. The van der Waals surface area contributed by atoms with E-state index in [-0.39, 0.29) is 17.3 Å². The van der Waals surface area contributed by atoms with Crippen molar-refractivity contribution >= 4 is 19.2 Å². The number of carbonyl (C=O) groups is 1. The van der Waals surface area contributed by atoms with Gasteiger partial charge in [-0.3, -0.25) is 5.32 Å². The van der Waals surface area contributed by atoms with E-state index in [9.17, 15) is 14.3 Å². The summed E-state index contributed by atoms with van der Waals surface area (Å²) in [4.78, 5) is 11.7. The SMILES string of the molecule is BC(=O)[C@H](NC(O)CC)[C@@H](C)c1ccc(N)c(F)c1. The second kappa shape index (κ2) is 6.68. The molecule has 3 atom stereocenters. The average Bonchev–Trinajstić information content (AvgIpc) is 2.37. The van der Waals surface area contributed by atoms with Crippen LogP contribution in [0, 0.1) is 5.82 Å². The zero-order valence-corrected chi connectivity index (χ0v) is 11.5. The Kier molecular flexibility index (Phi) is 5.51. The maximum absolute atomic E-state index is 13.5. The molecule has 4 N–H and O–H groups in total. The Bertz CT molecular complexity index is 456. The third-order valence-electron chi connectivity index (χ3n) is 3.25. The van der Waals surface area contributed by atoms with Gasteiger partial charge in [-0.25, -0.2) is 4.39 Å². The molecule has 0 saturated carbocycles. The molecule has 0 aromatic heterocycles. The van der Waals surface area contributed by atoms with Crippen molar-refractivity contribution in [1.82, 2.24) is 5.32 Å². The summed E-state index contributed by atoms with van der Waals surface area (Å²) in [6.45, 7) is 3.62. The van der Waals surface area contributed by atoms with Crippen LogP contribution < -0.4 is 11.1 Å². The van der Waals surface area contributed by atoms with Crippen molar-refractivity contribution in [3.8, 4) is 0 Å². The number of nitrogens with two attached hydrogens (primary N) is 1. The van der Waals surface area contributed by atoms with Gasteiger partial charge in [0.15, 0.2) is 7.85 Å². The predicted molar refractivity (Wildman–Crippen MR) is 76.0 cm³/mol. The van der Waals surface area contributed by atoms with E-state index in [1.807, 2.05) is 13.8 Å². The normalized spacial score (nSPS) is 15.8. The van der Waals surface area contributed by atoms with Gasteiger partial charge in [0.25, 0.3) is 0 Å². The smallest absolute Gasteiger partial charge is 0.189 e. The highest BCUT2D eigenvalue weighted by atomic mass is 19.1. The Balaban J connectivity index is 2.95. The van der Waals surface area contributed by atoms with Gasteiger partial charge < -0.3 is 15.6 Å². The molecule has 1 aromatic rings. The zero-order valence-electron chi connectivity index (χ0n) is 11.5. The summed E-state index contributed by atoms with van der Waals surface area (Å²) < 4.78 is 13.5. The van der Waals surface area contributed by atoms with E-state index in [0.717, 1.165) is 0 Å². The standard InChI is InChI=1S/C13H20BFN2O2/c1-3-11(18)17-12(13(14)19)7(2)8-4-5-10(16)9(15)6-8/h4-7,11-12,17-18H,3,14,16H2,1-2H3/t7-,11?,12+/m0/s1. The number of anilines is 1. The Morgan fingerprint density at radius 3 is 2.68 bits per heavy atom. The fourth-order valence-corrected chi connectivity index (χ4v) is 1.96. The number of rotatable bonds is 6. The van der Waals surface area contributed by atoms with Gasteiger partial charge in [0.05, 0.1) is 11.7 Å². The van der Waals surface area contributed by atoms with E-state index < -0.39 is 18.1 Å². The van der Waals surface area contributed by atoms with Crippen molar-refractivity contribution in [2.45, 2.75) is 38.5 Å². The number of carbonyl (C=O) groups excluding carboxylic acids is 1. The van der Waals surface area contributed by atoms with E-state index in [4.69, 9.17) is 5.73 Å². The summed E-state index contributed by atoms with van der Waals surface area (Å²) in [7, 11) is 1.45. The lowest BCUT2D eigenvalue weighted by atomic mass is 9.83. The van der Waals surface area contributed by atoms with Crippen LogP contribution in [0.1, 0.15) is 31.7 Å². The molecule has 0 aliphatic carbocycles. The molecule has 0 bridgehead atoms. The molecule has 0 radical (unpaired) electrons. The highest BCUT2D eigenvalue weighted by Crippen LogP contribution is 2.23. The van der Waals surface area contributed by atoms with Crippen LogP contribution in [-0.4, -0.2) is 30.9 Å². The second-order valence-corrected chi connectivity index (χ2v) is 4.75. The Morgan fingerprint density at radius 2 is 2.21 bits per heavy atom. The molecule has 0 heterocycles. The van der Waals surface area contributed by atoms with E-state index in [0.29, 0.717) is 12.0 Å². The molecular weight excluding hydrogens is 246 g/mol. The Labute approximate surface area is 113 Å². The van der Waals surface area contributed by atoms with Crippen LogP contribution in [0.25, 0.3) is 0 Å². The number of aliphatic hydroxyl groups excluding tert-OH is 1. The van der Waals surface area contributed by atoms with Gasteiger partial charge in [-0.05, 0) is 24.1 Å². The fraction of sp³-hybridized carbons (Fsp3) is 0.462. The van der Waals surface area contributed by atoms with Gasteiger partial charge in [-0.15, -0.1) is 0 Å². The first kappa shape index (κ1) is 15.7. The number of halogens is 1. The molecule has 0 amide bonds. The first-order chi connectivity index (χ1) is 8.86. The van der Waals surface area contributed by atoms with Crippen molar-refractivity contribution in [3.63, 3.8) is 0 Å². The lowest BCUT2D eigenvalue weighted by Crippen LogP contribution is -2.46. The molecule has 1 aromatic carbocycles. The van der Waals surface area contributed by atoms with E-state index in [1.165, 1.54) is 20.0 Å². The van der Waals surface area contributed by atoms with Crippen LogP contribution >= 0.6 is 0 Å². The first-order valence-corrected chi connectivity index (χ1v) is 6.36. The van der Waals surface area contributed by atoms with Crippen molar-refractivity contribution in [3.05, 3.63) is 29.6 Å². The summed E-state index contributed by atoms with van der Waals surface area (Å²) >= 11 is 0. The molecule has 4 nitrogen and oxygen atoms in total. The van der Waals surface area contributed by atoms with Crippen LogP contribution in [-0.2, 0) is 4.79 Å². The van der Waals surface area contributed by atoms with Gasteiger partial charge in [-0.1, -0.05) is 19.9 Å². The van der Waals surface area contributed by atoms with Crippen molar-refractivity contribution in [2.75, 3.05) is 5.73 Å². The predicted octanol–water partition coefficient (Wildman–Crippen LogP) is 0.358. The van der Waals surface area contributed by atoms with Gasteiger partial charge in [0.1, 0.15) is 17.7 Å². The molecule has 0 fully saturated rings. The molecule has 6 heteroatoms. The molecule has 0 spiro atoms. The maximum Gasteiger partial charge on any atom is 0.189 e. The zero-order chi connectivity index (χ0) is 14.6. The first-order valence-electron chi connectivity index (χ1n) is 6.36. The fourth-order valence-electron chi connectivity index (χ4n) is 1.96. The average molecular weight is 266 g/mol. The van der Waals surface area contributed by atoms with Gasteiger partial charge >= 0.3 is 0 Å². The van der Waals surface area contributed by atoms with Crippen molar-refractivity contribution in [1.29, 1.82) is 0 Å². The number of hydrogen-bond acceptors (Lipinski definition) is 4. The number of nitrogens with one attached hydrogen (secondary N) is 1. The Hall–Kier alpha value is -1.40. The van der Waals surface area contributed by atoms with Crippen LogP contribution in [0.4, 0.5) is 10.1 Å². The number of benzene rings is 1. The molecule has 0 aliphatic rings. The van der Waals surface area contributed by atoms with Crippen LogP contribution in [0.15, 0.2) is 18.2 Å². The monoisotopic (exact) mass is 266 g/mol. The molecule has 0 saturated heterocycles. The van der Waals surface area contributed by atoms with E-state index in [1.54, 1.807) is 6.07 Å². The molecule has 1 unspecified atom stereocenters. The molecular formula is C13H20BFN2O2. The number of aliphatic hydroxyl groups is 1. The largest absolute Gasteiger partial charge is 0.396 e. The minimum Gasteiger partial charge on any atom is -0.396 e. The van der Waals surface area contributed by atoms with Gasteiger partial charge in [-0.2, -0.15) is 0 Å². The van der Waals surface area contributed by atoms with E-state index in [2.05, 4.69) is 5.32 Å². The van der Waals surface area contributed by atoms with Crippen molar-refractivity contribution < 1.29 is 14.3 Å². The molecule has 1 rings (SSSR count). The minimum atomic E-state index is -0.755. The molecule has 104 valence electrons. The van der Waals surface area contributed by atoms with Crippen LogP contribution in [0.5, 0.6) is 0 Å².